The van der Waals surface area contributed by atoms with Crippen LogP contribution in [-0.4, -0.2) is 30.8 Å². The molecule has 0 aliphatic carbocycles. The van der Waals surface area contributed by atoms with E-state index in [1.54, 1.807) is 32.0 Å². The van der Waals surface area contributed by atoms with Crippen LogP contribution >= 0.6 is 0 Å². The number of nitrogens with zero attached hydrogens (tertiary/aromatic N) is 2. The molecule has 2 aromatic rings. The van der Waals surface area contributed by atoms with E-state index < -0.39 is 15.8 Å². The zero-order valence-electron chi connectivity index (χ0n) is 13.0. The van der Waals surface area contributed by atoms with Gasteiger partial charge in [-0.15, -0.1) is 0 Å². The minimum absolute atomic E-state index is 0.233. The van der Waals surface area contributed by atoms with Gasteiger partial charge in [0.1, 0.15) is 10.7 Å². The van der Waals surface area contributed by atoms with Crippen LogP contribution in [0.4, 0.5) is 4.39 Å². The molecule has 0 saturated heterocycles. The molecule has 7 heteroatoms. The Kier molecular flexibility index (Phi) is 5.19. The van der Waals surface area contributed by atoms with Crippen LogP contribution in [-0.2, 0) is 16.4 Å². The number of hydrogen-bond donors (Lipinski definition) is 1. The smallest absolute Gasteiger partial charge is 0.245 e. The Balaban J connectivity index is 2.39. The number of sulfonamides is 1. The molecule has 1 heterocycles. The van der Waals surface area contributed by atoms with Crippen molar-refractivity contribution < 1.29 is 12.8 Å². The molecular formula is C16H18FN3O2S. The molecule has 0 radical (unpaired) electrons. The molecule has 0 fully saturated rings. The molecule has 1 aromatic carbocycles. The zero-order chi connectivity index (χ0) is 17.0. The van der Waals surface area contributed by atoms with Crippen LogP contribution in [0.5, 0.6) is 0 Å². The average Bonchev–Trinajstić information content (AvgIpc) is 2.97. The summed E-state index contributed by atoms with van der Waals surface area (Å²) in [6.45, 7) is 3.99. The van der Waals surface area contributed by atoms with E-state index in [4.69, 9.17) is 5.26 Å². The number of halogens is 1. The maximum Gasteiger partial charge on any atom is 0.245 e. The van der Waals surface area contributed by atoms with Crippen molar-refractivity contribution in [3.63, 3.8) is 0 Å². The van der Waals surface area contributed by atoms with Crippen LogP contribution in [0, 0.1) is 17.1 Å². The fraction of sp³-hybridized carbons (Fsp3) is 0.312. The lowest BCUT2D eigenvalue weighted by Gasteiger charge is -2.19. The first-order chi connectivity index (χ1) is 10.9. The maximum atomic E-state index is 14.3. The highest BCUT2D eigenvalue weighted by Crippen LogP contribution is 2.25. The van der Waals surface area contributed by atoms with E-state index >= 15 is 0 Å². The molecule has 1 N–H and O–H groups in total. The summed E-state index contributed by atoms with van der Waals surface area (Å²) in [5, 5.41) is 8.67. The molecule has 0 aliphatic rings. The molecule has 0 bridgehead atoms. The van der Waals surface area contributed by atoms with E-state index in [2.05, 4.69) is 4.98 Å². The van der Waals surface area contributed by atoms with Crippen molar-refractivity contribution in [2.24, 2.45) is 0 Å². The van der Waals surface area contributed by atoms with Crippen LogP contribution < -0.4 is 0 Å². The molecule has 122 valence electrons. The Hall–Kier alpha value is -2.17. The molecule has 1 aromatic heterocycles. The van der Waals surface area contributed by atoms with Gasteiger partial charge < -0.3 is 4.98 Å². The Bertz CT molecular complexity index is 833. The summed E-state index contributed by atoms with van der Waals surface area (Å²) in [5.74, 6) is -0.786. The summed E-state index contributed by atoms with van der Waals surface area (Å²) in [7, 11) is -3.83. The summed E-state index contributed by atoms with van der Waals surface area (Å²) < 4.78 is 40.3. The largest absolute Gasteiger partial charge is 0.358 e. The number of H-pyrrole nitrogens is 1. The van der Waals surface area contributed by atoms with Crippen LogP contribution in [0.2, 0.25) is 0 Å². The molecule has 5 nitrogen and oxygen atoms in total. The SMILES string of the molecule is CCN(CC)S(=O)(=O)c1ccc(-c2ccc(CC#N)[nH]2)cc1F. The Morgan fingerprint density at radius 3 is 2.48 bits per heavy atom. The van der Waals surface area contributed by atoms with Crippen molar-refractivity contribution in [2.45, 2.75) is 25.2 Å². The quantitative estimate of drug-likeness (QED) is 0.882. The number of aromatic nitrogens is 1. The van der Waals surface area contributed by atoms with Crippen LogP contribution in [0.25, 0.3) is 11.3 Å². The van der Waals surface area contributed by atoms with E-state index in [1.807, 2.05) is 6.07 Å². The molecule has 0 spiro atoms. The van der Waals surface area contributed by atoms with Crippen molar-refractivity contribution >= 4 is 10.0 Å². The lowest BCUT2D eigenvalue weighted by molar-refractivity contribution is 0.440. The maximum absolute atomic E-state index is 14.3. The zero-order valence-corrected chi connectivity index (χ0v) is 13.8. The summed E-state index contributed by atoms with van der Waals surface area (Å²) in [4.78, 5) is 2.69. The first-order valence-corrected chi connectivity index (χ1v) is 8.73. The number of rotatable bonds is 6. The van der Waals surface area contributed by atoms with Crippen molar-refractivity contribution in [2.75, 3.05) is 13.1 Å². The number of nitriles is 1. The Morgan fingerprint density at radius 2 is 1.91 bits per heavy atom. The van der Waals surface area contributed by atoms with Gasteiger partial charge in [0.2, 0.25) is 10.0 Å². The predicted molar refractivity (Wildman–Crippen MR) is 85.6 cm³/mol. The van der Waals surface area contributed by atoms with Gasteiger partial charge in [-0.05, 0) is 24.3 Å². The standard InChI is InChI=1S/C16H18FN3O2S/c1-3-20(4-2)23(21,22)16-8-5-12(11-14(16)17)15-7-6-13(19-15)9-10-18/h5-8,11,19H,3-4,9H2,1-2H3. The summed E-state index contributed by atoms with van der Waals surface area (Å²) in [5.41, 5.74) is 1.90. The lowest BCUT2D eigenvalue weighted by Crippen LogP contribution is -2.31. The van der Waals surface area contributed by atoms with Gasteiger partial charge in [0, 0.05) is 30.0 Å². The van der Waals surface area contributed by atoms with Crippen LogP contribution in [0.3, 0.4) is 0 Å². The summed E-state index contributed by atoms with van der Waals surface area (Å²) >= 11 is 0. The molecule has 0 unspecified atom stereocenters. The number of aromatic amines is 1. The Morgan fingerprint density at radius 1 is 1.22 bits per heavy atom. The number of benzene rings is 1. The first-order valence-electron chi connectivity index (χ1n) is 7.29. The van der Waals surface area contributed by atoms with Crippen molar-refractivity contribution in [1.29, 1.82) is 5.26 Å². The molecular weight excluding hydrogens is 317 g/mol. The van der Waals surface area contributed by atoms with Crippen molar-refractivity contribution in [3.8, 4) is 17.3 Å². The normalized spacial score (nSPS) is 11.6. The van der Waals surface area contributed by atoms with Gasteiger partial charge in [-0.3, -0.25) is 0 Å². The molecule has 0 aliphatic heterocycles. The number of nitrogens with one attached hydrogen (secondary N) is 1. The molecule has 2 rings (SSSR count). The highest BCUT2D eigenvalue weighted by Gasteiger charge is 2.25. The fourth-order valence-electron chi connectivity index (χ4n) is 2.38. The second kappa shape index (κ2) is 6.94. The summed E-state index contributed by atoms with van der Waals surface area (Å²) in [6, 6.07) is 9.54. The second-order valence-electron chi connectivity index (χ2n) is 4.97. The van der Waals surface area contributed by atoms with E-state index in [1.165, 1.54) is 16.4 Å². The van der Waals surface area contributed by atoms with E-state index in [0.29, 0.717) is 11.3 Å². The van der Waals surface area contributed by atoms with Gasteiger partial charge >= 0.3 is 0 Å². The third-order valence-electron chi connectivity index (χ3n) is 3.58. The average molecular weight is 335 g/mol. The summed E-state index contributed by atoms with van der Waals surface area (Å²) in [6.07, 6.45) is 0.233. The fourth-order valence-corrected chi connectivity index (χ4v) is 3.88. The lowest BCUT2D eigenvalue weighted by atomic mass is 10.1. The van der Waals surface area contributed by atoms with Crippen molar-refractivity contribution in [1.82, 2.24) is 9.29 Å². The number of hydrogen-bond acceptors (Lipinski definition) is 3. The van der Waals surface area contributed by atoms with Crippen LogP contribution in [0.1, 0.15) is 19.5 Å². The van der Waals surface area contributed by atoms with Crippen molar-refractivity contribution in [3.05, 3.63) is 41.8 Å². The first kappa shape index (κ1) is 17.2. The predicted octanol–water partition coefficient (Wildman–Crippen LogP) is 2.92. The van der Waals surface area contributed by atoms with Gasteiger partial charge in [-0.25, -0.2) is 12.8 Å². The van der Waals surface area contributed by atoms with Gasteiger partial charge in [0.15, 0.2) is 0 Å². The highest BCUT2D eigenvalue weighted by molar-refractivity contribution is 7.89. The third-order valence-corrected chi connectivity index (χ3v) is 5.67. The minimum atomic E-state index is -3.83. The third kappa shape index (κ3) is 3.44. The van der Waals surface area contributed by atoms with Gasteiger partial charge in [-0.1, -0.05) is 19.9 Å². The highest BCUT2D eigenvalue weighted by atomic mass is 32.2. The van der Waals surface area contributed by atoms with Gasteiger partial charge in [0.25, 0.3) is 0 Å². The van der Waals surface area contributed by atoms with Gasteiger partial charge in [-0.2, -0.15) is 9.57 Å². The topological polar surface area (TPSA) is 77.0 Å². The molecule has 0 amide bonds. The molecule has 0 saturated carbocycles. The minimum Gasteiger partial charge on any atom is -0.358 e. The van der Waals surface area contributed by atoms with Crippen LogP contribution in [0.15, 0.2) is 35.2 Å². The van der Waals surface area contributed by atoms with E-state index in [-0.39, 0.29) is 24.4 Å². The molecule has 0 atom stereocenters. The Labute approximate surface area is 135 Å². The van der Waals surface area contributed by atoms with E-state index in [0.717, 1.165) is 5.69 Å². The van der Waals surface area contributed by atoms with Gasteiger partial charge in [0.05, 0.1) is 12.5 Å². The monoisotopic (exact) mass is 335 g/mol. The van der Waals surface area contributed by atoms with E-state index in [9.17, 15) is 12.8 Å². The second-order valence-corrected chi connectivity index (χ2v) is 6.87. The molecule has 23 heavy (non-hydrogen) atoms.